The maximum atomic E-state index is 13.9. The SMILES string of the molecule is Cn1cc(-c2ccnc(Cl)n2)c2ccccc21.Cn1cc(-c2ccnc(Nc3cc([N+](=O)[O-])c(F)cc3OC(F)F)n2)c2ccccc21.Nc1cc([N+](=O)[O-])c(F)cc1OC(F)F. The van der Waals surface area contributed by atoms with Crippen molar-refractivity contribution in [3.8, 4) is 34.0 Å². The van der Waals surface area contributed by atoms with Crippen LogP contribution < -0.4 is 20.5 Å². The molecule has 16 nitrogen and oxygen atoms in total. The molecule has 3 N–H and O–H groups in total. The second-order valence-electron chi connectivity index (χ2n) is 12.9. The number of fused-ring (bicyclic) bond motifs is 2. The number of nitrogens with zero attached hydrogens (tertiary/aromatic N) is 8. The number of nitrogens with one attached hydrogen (secondary N) is 1. The molecule has 4 heterocycles. The molecule has 0 aliphatic heterocycles. The van der Waals surface area contributed by atoms with Crippen molar-refractivity contribution in [2.75, 3.05) is 11.1 Å². The highest BCUT2D eigenvalue weighted by molar-refractivity contribution is 6.28. The lowest BCUT2D eigenvalue weighted by atomic mass is 10.1. The van der Waals surface area contributed by atoms with Gasteiger partial charge in [0.05, 0.1) is 32.6 Å². The fourth-order valence-electron chi connectivity index (χ4n) is 6.14. The third-order valence-corrected chi connectivity index (χ3v) is 9.01. The number of hydrogen-bond donors (Lipinski definition) is 2. The van der Waals surface area contributed by atoms with Crippen molar-refractivity contribution in [1.82, 2.24) is 29.1 Å². The largest absolute Gasteiger partial charge is 0.433 e. The van der Waals surface area contributed by atoms with Crippen LogP contribution in [0.4, 0.5) is 55.0 Å². The molecule has 0 spiro atoms. The zero-order valence-corrected chi connectivity index (χ0v) is 33.1. The van der Waals surface area contributed by atoms with E-state index in [-0.39, 0.29) is 16.9 Å². The molecular weight excluding hydrogens is 866 g/mol. The zero-order valence-electron chi connectivity index (χ0n) is 32.3. The lowest BCUT2D eigenvalue weighted by Gasteiger charge is -2.12. The average molecular weight is 895 g/mol. The Morgan fingerprint density at radius 1 is 0.698 bits per heavy atom. The van der Waals surface area contributed by atoms with Gasteiger partial charge in [-0.15, -0.1) is 0 Å². The number of aryl methyl sites for hydroxylation is 2. The van der Waals surface area contributed by atoms with Gasteiger partial charge in [0, 0.05) is 96.1 Å². The molecule has 8 aromatic rings. The number of alkyl halides is 4. The van der Waals surface area contributed by atoms with Gasteiger partial charge in [0.25, 0.3) is 0 Å². The minimum Gasteiger partial charge on any atom is -0.433 e. The number of nitrogens with two attached hydrogens (primary N) is 1. The van der Waals surface area contributed by atoms with Crippen molar-refractivity contribution < 1.29 is 45.7 Å². The van der Waals surface area contributed by atoms with Gasteiger partial charge < -0.3 is 29.7 Å². The summed E-state index contributed by atoms with van der Waals surface area (Å²) >= 11 is 5.82. The summed E-state index contributed by atoms with van der Waals surface area (Å²) in [6.07, 6.45) is 7.05. The minimum atomic E-state index is -3.26. The van der Waals surface area contributed by atoms with Crippen molar-refractivity contribution >= 4 is 62.1 Å². The molecule has 23 heteroatoms. The molecule has 0 aliphatic carbocycles. The van der Waals surface area contributed by atoms with E-state index in [1.165, 1.54) is 17.1 Å². The van der Waals surface area contributed by atoms with Crippen LogP contribution in [0.2, 0.25) is 5.28 Å². The van der Waals surface area contributed by atoms with Gasteiger partial charge in [0.15, 0.2) is 11.5 Å². The second-order valence-corrected chi connectivity index (χ2v) is 13.2. The van der Waals surface area contributed by atoms with E-state index in [1.807, 2.05) is 67.3 Å². The molecule has 0 atom stereocenters. The molecule has 4 aromatic heterocycles. The van der Waals surface area contributed by atoms with E-state index in [4.69, 9.17) is 17.3 Å². The van der Waals surface area contributed by atoms with Crippen LogP contribution in [-0.4, -0.2) is 52.1 Å². The minimum absolute atomic E-state index is 0.0366. The summed E-state index contributed by atoms with van der Waals surface area (Å²) in [5.41, 5.74) is 8.06. The number of hydrogen-bond acceptors (Lipinski definition) is 12. The smallest absolute Gasteiger partial charge is 0.387 e. The first-order valence-corrected chi connectivity index (χ1v) is 18.2. The first-order valence-electron chi connectivity index (χ1n) is 17.8. The average Bonchev–Trinajstić information content (AvgIpc) is 3.76. The van der Waals surface area contributed by atoms with E-state index in [2.05, 4.69) is 57.6 Å². The van der Waals surface area contributed by atoms with E-state index in [1.54, 1.807) is 12.3 Å². The summed E-state index contributed by atoms with van der Waals surface area (Å²) in [6, 6.07) is 21.8. The standard InChI is InChI=1S/C20H14F3N5O3.C13H10ClN3.C7H5F3N2O3/c1-27-10-12(11-4-2-3-5-16(11)27)14-6-7-24-20(25-14)26-15-9-17(28(29)30)13(21)8-18(15)31-19(22)23;1-17-8-10(9-4-2-3-5-12(9)17)11-6-7-15-13(14)16-11;8-3-1-6(15-7(9)10)4(11)2-5(3)12(13)14/h2-10,19H,1H3,(H,24,25,26);2-8H,1H3;1-2,7H,11H2. The summed E-state index contributed by atoms with van der Waals surface area (Å²) in [7, 11) is 3.91. The molecular formula is C40H29ClF6N10O6. The predicted molar refractivity (Wildman–Crippen MR) is 220 cm³/mol. The highest BCUT2D eigenvalue weighted by Gasteiger charge is 2.23. The van der Waals surface area contributed by atoms with Crippen LogP contribution in [0.3, 0.4) is 0 Å². The van der Waals surface area contributed by atoms with Crippen molar-refractivity contribution in [3.63, 3.8) is 0 Å². The Morgan fingerprint density at radius 3 is 1.70 bits per heavy atom. The van der Waals surface area contributed by atoms with Crippen LogP contribution in [0.1, 0.15) is 0 Å². The number of aromatic nitrogens is 6. The van der Waals surface area contributed by atoms with E-state index >= 15 is 0 Å². The molecule has 0 fully saturated rings. The molecule has 0 bridgehead atoms. The molecule has 0 radical (unpaired) electrons. The summed E-state index contributed by atoms with van der Waals surface area (Å²) in [5, 5.41) is 26.3. The van der Waals surface area contributed by atoms with Crippen molar-refractivity contribution in [1.29, 1.82) is 0 Å². The van der Waals surface area contributed by atoms with Crippen LogP contribution in [0, 0.1) is 31.9 Å². The van der Waals surface area contributed by atoms with Gasteiger partial charge in [0.2, 0.25) is 22.9 Å². The zero-order chi connectivity index (χ0) is 45.5. The normalized spacial score (nSPS) is 10.9. The second kappa shape index (κ2) is 19.1. The van der Waals surface area contributed by atoms with Gasteiger partial charge in [0.1, 0.15) is 0 Å². The lowest BCUT2D eigenvalue weighted by molar-refractivity contribution is -0.387. The Bertz CT molecular complexity index is 2970. The summed E-state index contributed by atoms with van der Waals surface area (Å²) in [5.74, 6) is -3.88. The Morgan fingerprint density at radius 2 is 1.17 bits per heavy atom. The van der Waals surface area contributed by atoms with Crippen LogP contribution in [0.15, 0.2) is 110 Å². The summed E-state index contributed by atoms with van der Waals surface area (Å²) < 4.78 is 87.9. The first kappa shape index (κ1) is 44.5. The predicted octanol–water partition coefficient (Wildman–Crippen LogP) is 10.2. The third kappa shape index (κ3) is 10.5. The Labute approximate surface area is 355 Å². The van der Waals surface area contributed by atoms with Crippen LogP contribution in [-0.2, 0) is 14.1 Å². The Kier molecular flexibility index (Phi) is 13.5. The van der Waals surface area contributed by atoms with E-state index in [0.717, 1.165) is 33.8 Å². The van der Waals surface area contributed by atoms with E-state index in [9.17, 15) is 46.6 Å². The number of ether oxygens (including phenoxy) is 2. The molecule has 0 amide bonds. The van der Waals surface area contributed by atoms with Crippen molar-refractivity contribution in [3.05, 3.63) is 147 Å². The number of benzene rings is 4. The number of nitro groups is 2. The maximum absolute atomic E-state index is 13.9. The van der Waals surface area contributed by atoms with Gasteiger partial charge in [-0.1, -0.05) is 36.4 Å². The first-order chi connectivity index (χ1) is 30.0. The maximum Gasteiger partial charge on any atom is 0.387 e. The van der Waals surface area contributed by atoms with Crippen LogP contribution in [0.25, 0.3) is 44.3 Å². The lowest BCUT2D eigenvalue weighted by Crippen LogP contribution is -2.07. The van der Waals surface area contributed by atoms with Gasteiger partial charge in [-0.25, -0.2) is 19.9 Å². The number of nitrogen functional groups attached to an aromatic ring is 1. The highest BCUT2D eigenvalue weighted by atomic mass is 35.5. The number of rotatable bonds is 10. The fourth-order valence-corrected chi connectivity index (χ4v) is 6.29. The number of anilines is 3. The molecule has 0 saturated carbocycles. The quantitative estimate of drug-likeness (QED) is 0.0433. The molecule has 4 aromatic carbocycles. The Balaban J connectivity index is 0.000000174. The molecule has 0 saturated heterocycles. The van der Waals surface area contributed by atoms with Gasteiger partial charge in [-0.3, -0.25) is 20.2 Å². The third-order valence-electron chi connectivity index (χ3n) is 8.83. The molecule has 63 heavy (non-hydrogen) atoms. The van der Waals surface area contributed by atoms with E-state index < -0.39 is 63.3 Å². The number of nitro benzene ring substituents is 2. The summed E-state index contributed by atoms with van der Waals surface area (Å²) in [4.78, 5) is 35.8. The van der Waals surface area contributed by atoms with E-state index in [0.29, 0.717) is 23.9 Å². The monoisotopic (exact) mass is 894 g/mol. The number of para-hydroxylation sites is 2. The summed E-state index contributed by atoms with van der Waals surface area (Å²) in [6.45, 7) is -6.43. The topological polar surface area (TPSA) is 204 Å². The van der Waals surface area contributed by atoms with Gasteiger partial charge in [-0.2, -0.15) is 26.3 Å². The van der Waals surface area contributed by atoms with Crippen LogP contribution >= 0.6 is 11.6 Å². The molecule has 324 valence electrons. The highest BCUT2D eigenvalue weighted by Crippen LogP contribution is 2.36. The van der Waals surface area contributed by atoms with Crippen molar-refractivity contribution in [2.45, 2.75) is 13.2 Å². The Hall–Kier alpha value is -8.01. The van der Waals surface area contributed by atoms with Gasteiger partial charge in [-0.05, 0) is 35.9 Å². The molecule has 0 unspecified atom stereocenters. The molecule has 8 rings (SSSR count). The van der Waals surface area contributed by atoms with Crippen molar-refractivity contribution in [2.24, 2.45) is 14.1 Å². The number of halogens is 7. The molecule has 0 aliphatic rings. The van der Waals surface area contributed by atoms with Crippen LogP contribution in [0.5, 0.6) is 11.5 Å². The fraction of sp³-hybridized carbons (Fsp3) is 0.100. The van der Waals surface area contributed by atoms with Gasteiger partial charge >= 0.3 is 24.6 Å².